The quantitative estimate of drug-likeness (QED) is 0.906. The molecule has 20 heavy (non-hydrogen) atoms. The third-order valence-electron chi connectivity index (χ3n) is 3.09. The highest BCUT2D eigenvalue weighted by Gasteiger charge is 2.21. The zero-order valence-electron chi connectivity index (χ0n) is 10.8. The van der Waals surface area contributed by atoms with Crippen LogP contribution < -0.4 is 14.9 Å². The van der Waals surface area contributed by atoms with Gasteiger partial charge in [0.1, 0.15) is 0 Å². The molecule has 104 valence electrons. The fraction of sp³-hybridized carbons (Fsp3) is 0.308. The molecule has 3 rings (SSSR count). The molecule has 7 heteroatoms. The number of carboxylic acids is 1. The summed E-state index contributed by atoms with van der Waals surface area (Å²) in [4.78, 5) is 23.3. The van der Waals surface area contributed by atoms with Crippen molar-refractivity contribution in [2.24, 2.45) is 0 Å². The lowest BCUT2D eigenvalue weighted by atomic mass is 10.1. The van der Waals surface area contributed by atoms with Gasteiger partial charge in [0.15, 0.2) is 11.5 Å². The topological polar surface area (TPSA) is 90.7 Å². The van der Waals surface area contributed by atoms with Crippen molar-refractivity contribution in [3.05, 3.63) is 28.0 Å². The zero-order valence-corrected chi connectivity index (χ0v) is 10.8. The summed E-state index contributed by atoms with van der Waals surface area (Å²) in [6, 6.07) is 3.17. The Kier molecular flexibility index (Phi) is 2.81. The van der Waals surface area contributed by atoms with Crippen LogP contribution in [0.4, 0.5) is 0 Å². The number of aromatic carboxylic acids is 1. The molecule has 1 N–H and O–H groups in total. The Balaban J connectivity index is 2.38. The summed E-state index contributed by atoms with van der Waals surface area (Å²) in [5.74, 6) is -0.355. The van der Waals surface area contributed by atoms with E-state index < -0.39 is 17.1 Å². The number of ether oxygens (including phenoxy) is 2. The van der Waals surface area contributed by atoms with Crippen LogP contribution in [0.2, 0.25) is 0 Å². The van der Waals surface area contributed by atoms with E-state index in [1.165, 1.54) is 10.7 Å². The number of nitrogens with zero attached hydrogens (tertiary/aromatic N) is 2. The van der Waals surface area contributed by atoms with Gasteiger partial charge in [0.25, 0.3) is 0 Å². The Labute approximate surface area is 113 Å². The highest BCUT2D eigenvalue weighted by atomic mass is 16.7. The van der Waals surface area contributed by atoms with E-state index in [9.17, 15) is 9.59 Å². The van der Waals surface area contributed by atoms with Crippen LogP contribution in [0.15, 0.2) is 16.9 Å². The maximum atomic E-state index is 12.2. The maximum Gasteiger partial charge on any atom is 0.360 e. The van der Waals surface area contributed by atoms with Gasteiger partial charge in [-0.25, -0.2) is 4.79 Å². The molecule has 7 nitrogen and oxygen atoms in total. The van der Waals surface area contributed by atoms with E-state index in [4.69, 9.17) is 14.6 Å². The van der Waals surface area contributed by atoms with Crippen LogP contribution in [0.5, 0.6) is 11.5 Å². The number of aromatic nitrogens is 2. The number of fused-ring (bicyclic) bond motifs is 2. The molecule has 0 aliphatic carbocycles. The van der Waals surface area contributed by atoms with Gasteiger partial charge in [-0.3, -0.25) is 9.48 Å². The summed E-state index contributed by atoms with van der Waals surface area (Å²) < 4.78 is 12.0. The molecule has 0 atom stereocenters. The van der Waals surface area contributed by atoms with Gasteiger partial charge in [-0.15, -0.1) is 0 Å². The maximum absolute atomic E-state index is 12.2. The number of aryl methyl sites for hydroxylation is 1. The monoisotopic (exact) mass is 276 g/mol. The zero-order chi connectivity index (χ0) is 14.3. The number of hydrogen-bond donors (Lipinski definition) is 1. The van der Waals surface area contributed by atoms with E-state index in [2.05, 4.69) is 5.10 Å². The van der Waals surface area contributed by atoms with E-state index in [1.54, 1.807) is 6.07 Å². The van der Waals surface area contributed by atoms with Crippen molar-refractivity contribution in [3.63, 3.8) is 0 Å². The van der Waals surface area contributed by atoms with Crippen LogP contribution in [-0.4, -0.2) is 27.6 Å². The van der Waals surface area contributed by atoms with Crippen molar-refractivity contribution in [2.75, 3.05) is 6.79 Å². The summed E-state index contributed by atoms with van der Waals surface area (Å²) in [6.07, 6.45) is 0.762. The first-order valence-corrected chi connectivity index (χ1v) is 6.19. The molecule has 0 fully saturated rings. The van der Waals surface area contributed by atoms with Crippen LogP contribution in [0, 0.1) is 0 Å². The summed E-state index contributed by atoms with van der Waals surface area (Å²) in [5, 5.41) is 13.3. The van der Waals surface area contributed by atoms with E-state index in [-0.39, 0.29) is 12.2 Å². The van der Waals surface area contributed by atoms with Crippen molar-refractivity contribution in [1.29, 1.82) is 0 Å². The Bertz CT molecular complexity index is 765. The number of carboxylic acid groups (broad SMARTS) is 1. The molecule has 1 aliphatic rings. The molecule has 0 saturated heterocycles. The smallest absolute Gasteiger partial charge is 0.360 e. The lowest BCUT2D eigenvalue weighted by Gasteiger charge is -2.10. The minimum Gasteiger partial charge on any atom is -0.476 e. The van der Waals surface area contributed by atoms with Gasteiger partial charge < -0.3 is 14.6 Å². The third kappa shape index (κ3) is 1.78. The average molecular weight is 276 g/mol. The van der Waals surface area contributed by atoms with E-state index in [0.717, 1.165) is 6.42 Å². The summed E-state index contributed by atoms with van der Waals surface area (Å²) in [7, 11) is 0. The van der Waals surface area contributed by atoms with E-state index in [1.807, 2.05) is 6.92 Å². The molecule has 2 heterocycles. The molecule has 0 amide bonds. The van der Waals surface area contributed by atoms with Gasteiger partial charge in [-0.05, 0) is 12.5 Å². The first kappa shape index (κ1) is 12.5. The Hall–Kier alpha value is -2.57. The molecule has 1 aromatic carbocycles. The van der Waals surface area contributed by atoms with Crippen LogP contribution in [-0.2, 0) is 6.54 Å². The molecular formula is C13H12N2O5. The number of benzene rings is 1. The molecule has 0 radical (unpaired) electrons. The minimum absolute atomic E-state index is 0.0901. The molecule has 0 spiro atoms. The fourth-order valence-corrected chi connectivity index (χ4v) is 2.20. The van der Waals surface area contributed by atoms with E-state index in [0.29, 0.717) is 23.6 Å². The van der Waals surface area contributed by atoms with Crippen LogP contribution in [0.1, 0.15) is 23.8 Å². The summed E-state index contributed by atoms with van der Waals surface area (Å²) >= 11 is 0. The number of hydrogen-bond acceptors (Lipinski definition) is 5. The third-order valence-corrected chi connectivity index (χ3v) is 3.09. The number of carbonyl (C=O) groups is 1. The Morgan fingerprint density at radius 1 is 1.40 bits per heavy atom. The molecule has 1 aromatic heterocycles. The average Bonchev–Trinajstić information content (AvgIpc) is 2.87. The Morgan fingerprint density at radius 3 is 2.75 bits per heavy atom. The van der Waals surface area contributed by atoms with Gasteiger partial charge in [0.2, 0.25) is 17.9 Å². The molecule has 2 aromatic rings. The van der Waals surface area contributed by atoms with Crippen LogP contribution in [0.25, 0.3) is 10.9 Å². The Morgan fingerprint density at radius 2 is 2.10 bits per heavy atom. The SMILES string of the molecule is CCCn1nc(C(=O)O)c(=O)c2cc3c(cc21)OCO3. The lowest BCUT2D eigenvalue weighted by Crippen LogP contribution is -2.23. The predicted molar refractivity (Wildman–Crippen MR) is 69.4 cm³/mol. The first-order chi connectivity index (χ1) is 9.61. The van der Waals surface area contributed by atoms with Crippen LogP contribution >= 0.6 is 0 Å². The molecule has 0 bridgehead atoms. The van der Waals surface area contributed by atoms with Gasteiger partial charge in [-0.1, -0.05) is 6.92 Å². The summed E-state index contributed by atoms with van der Waals surface area (Å²) in [5.41, 5.74) is -0.547. The van der Waals surface area contributed by atoms with Crippen molar-refractivity contribution in [2.45, 2.75) is 19.9 Å². The predicted octanol–water partition coefficient (Wildman–Crippen LogP) is 1.23. The van der Waals surface area contributed by atoms with Gasteiger partial charge in [0, 0.05) is 12.6 Å². The van der Waals surface area contributed by atoms with Crippen molar-refractivity contribution in [3.8, 4) is 11.5 Å². The minimum atomic E-state index is -1.33. The second-order valence-corrected chi connectivity index (χ2v) is 4.43. The molecule has 0 unspecified atom stereocenters. The lowest BCUT2D eigenvalue weighted by molar-refractivity contribution is 0.0686. The first-order valence-electron chi connectivity index (χ1n) is 6.19. The molecular weight excluding hydrogens is 264 g/mol. The normalized spacial score (nSPS) is 12.8. The molecule has 1 aliphatic heterocycles. The number of rotatable bonds is 3. The van der Waals surface area contributed by atoms with Crippen molar-refractivity contribution < 1.29 is 19.4 Å². The van der Waals surface area contributed by atoms with Crippen molar-refractivity contribution >= 4 is 16.9 Å². The van der Waals surface area contributed by atoms with Gasteiger partial charge >= 0.3 is 5.97 Å². The fourth-order valence-electron chi connectivity index (χ4n) is 2.20. The van der Waals surface area contributed by atoms with Gasteiger partial charge in [-0.2, -0.15) is 5.10 Å². The van der Waals surface area contributed by atoms with Crippen molar-refractivity contribution in [1.82, 2.24) is 9.78 Å². The highest BCUT2D eigenvalue weighted by Crippen LogP contribution is 2.34. The standard InChI is InChI=1S/C13H12N2O5/c1-2-3-15-8-5-10-9(19-6-20-10)4-7(8)12(16)11(14-15)13(17)18/h4-5H,2-3,6H2,1H3,(H,17,18). The second kappa shape index (κ2) is 4.52. The largest absolute Gasteiger partial charge is 0.476 e. The van der Waals surface area contributed by atoms with E-state index >= 15 is 0 Å². The van der Waals surface area contributed by atoms with Gasteiger partial charge in [0.05, 0.1) is 10.9 Å². The highest BCUT2D eigenvalue weighted by molar-refractivity contribution is 5.91. The second-order valence-electron chi connectivity index (χ2n) is 4.43. The summed E-state index contributed by atoms with van der Waals surface area (Å²) in [6.45, 7) is 2.54. The molecule has 0 saturated carbocycles. The van der Waals surface area contributed by atoms with Crippen LogP contribution in [0.3, 0.4) is 0 Å².